The van der Waals surface area contributed by atoms with Crippen molar-refractivity contribution in [3.05, 3.63) is 77.3 Å². The number of ether oxygens (including phenoxy) is 1. The molecule has 1 atom stereocenters. The van der Waals surface area contributed by atoms with Crippen LogP contribution in [0.25, 0.3) is 11.0 Å². The molecule has 9 nitrogen and oxygen atoms in total. The second-order valence-electron chi connectivity index (χ2n) is 10.1. The Balaban J connectivity index is 1.46. The fraction of sp³-hybridized carbons (Fsp3) is 0.367. The summed E-state index contributed by atoms with van der Waals surface area (Å²) >= 11 is 0. The summed E-state index contributed by atoms with van der Waals surface area (Å²) in [6.07, 6.45) is 1.25. The van der Waals surface area contributed by atoms with Crippen LogP contribution >= 0.6 is 0 Å². The number of fused-ring (bicyclic) bond motifs is 3. The number of para-hydroxylation sites is 2. The van der Waals surface area contributed by atoms with Crippen LogP contribution in [0.5, 0.6) is 0 Å². The molecule has 1 aromatic heterocycles. The molecule has 2 amide bonds. The van der Waals surface area contributed by atoms with Crippen molar-refractivity contribution in [3.63, 3.8) is 0 Å². The van der Waals surface area contributed by atoms with E-state index in [0.717, 1.165) is 13.1 Å². The number of amides is 2. The fourth-order valence-corrected chi connectivity index (χ4v) is 6.11. The van der Waals surface area contributed by atoms with Gasteiger partial charge >= 0.3 is 0 Å². The van der Waals surface area contributed by atoms with Gasteiger partial charge in [-0.25, -0.2) is 0 Å². The van der Waals surface area contributed by atoms with E-state index in [1.54, 1.807) is 35.2 Å². The molecule has 3 aliphatic rings. The minimum atomic E-state index is -1.77. The lowest BCUT2D eigenvalue weighted by Crippen LogP contribution is -2.54. The summed E-state index contributed by atoms with van der Waals surface area (Å²) < 4.78 is 11.3. The summed E-state index contributed by atoms with van der Waals surface area (Å²) in [6.45, 7) is 6.18. The first-order valence-corrected chi connectivity index (χ1v) is 13.5. The Morgan fingerprint density at radius 3 is 2.51 bits per heavy atom. The molecule has 0 radical (unpaired) electrons. The topological polar surface area (TPSA) is 104 Å². The van der Waals surface area contributed by atoms with Crippen molar-refractivity contribution in [1.82, 2.24) is 9.80 Å². The number of carbonyl (C=O) groups is 3. The molecule has 6 rings (SSSR count). The average molecular weight is 530 g/mol. The van der Waals surface area contributed by atoms with Gasteiger partial charge in [-0.3, -0.25) is 19.3 Å². The Kier molecular flexibility index (Phi) is 6.48. The molecule has 4 heterocycles. The highest BCUT2D eigenvalue weighted by atomic mass is 16.5. The predicted octanol–water partition coefficient (Wildman–Crippen LogP) is 3.64. The number of benzene rings is 2. The third-order valence-electron chi connectivity index (χ3n) is 7.87. The maximum atomic E-state index is 14.4. The molecule has 0 aliphatic carbocycles. The monoisotopic (exact) mass is 529 g/mol. The number of rotatable bonds is 8. The molecule has 2 aromatic carbocycles. The normalized spacial score (nSPS) is 21.6. The molecule has 39 heavy (non-hydrogen) atoms. The van der Waals surface area contributed by atoms with Crippen LogP contribution < -0.4 is 4.90 Å². The van der Waals surface area contributed by atoms with E-state index in [2.05, 4.69) is 4.90 Å². The number of aliphatic hydroxyl groups is 1. The number of nitrogens with zero attached hydrogens (tertiary/aromatic N) is 3. The minimum absolute atomic E-state index is 0.0284. The maximum Gasteiger partial charge on any atom is 0.290 e. The molecule has 0 unspecified atom stereocenters. The van der Waals surface area contributed by atoms with Crippen LogP contribution in [-0.2, 0) is 19.9 Å². The van der Waals surface area contributed by atoms with Gasteiger partial charge in [0, 0.05) is 43.7 Å². The van der Waals surface area contributed by atoms with Crippen LogP contribution in [0.1, 0.15) is 35.9 Å². The third kappa shape index (κ3) is 3.87. The van der Waals surface area contributed by atoms with Crippen molar-refractivity contribution in [2.75, 3.05) is 50.8 Å². The first-order chi connectivity index (χ1) is 19.0. The van der Waals surface area contributed by atoms with Gasteiger partial charge in [0.1, 0.15) is 5.58 Å². The van der Waals surface area contributed by atoms with E-state index in [0.29, 0.717) is 61.4 Å². The molecule has 3 aromatic rings. The van der Waals surface area contributed by atoms with Crippen molar-refractivity contribution in [1.29, 1.82) is 0 Å². The van der Waals surface area contributed by atoms with E-state index >= 15 is 0 Å². The van der Waals surface area contributed by atoms with Crippen molar-refractivity contribution in [3.8, 4) is 0 Å². The second kappa shape index (κ2) is 9.98. The van der Waals surface area contributed by atoms with Crippen LogP contribution in [0, 0.1) is 0 Å². The zero-order valence-corrected chi connectivity index (χ0v) is 21.9. The van der Waals surface area contributed by atoms with E-state index in [1.165, 1.54) is 4.90 Å². The van der Waals surface area contributed by atoms with Crippen LogP contribution in [0.2, 0.25) is 0 Å². The van der Waals surface area contributed by atoms with Crippen LogP contribution in [-0.4, -0.2) is 78.4 Å². The SMILES string of the molecule is CCCN1C(=O)[C@]2(C(C(=O)c3cc4ccccc4o3)=C(O)C(=O)N2CCCN2CCOCC2)c2ccccc21. The van der Waals surface area contributed by atoms with Gasteiger partial charge in [0.05, 0.1) is 24.5 Å². The number of carbonyl (C=O) groups excluding carboxylic acids is 3. The first-order valence-electron chi connectivity index (χ1n) is 13.5. The van der Waals surface area contributed by atoms with E-state index < -0.39 is 28.9 Å². The Labute approximate surface area is 226 Å². The molecule has 202 valence electrons. The number of aliphatic hydroxyl groups excluding tert-OH is 1. The number of Topliss-reactive ketones (excluding diaryl/α,β-unsaturated/α-hetero) is 1. The second-order valence-corrected chi connectivity index (χ2v) is 10.1. The number of anilines is 1. The molecule has 1 N–H and O–H groups in total. The minimum Gasteiger partial charge on any atom is -0.503 e. The number of furan rings is 1. The molecule has 3 aliphatic heterocycles. The predicted molar refractivity (Wildman–Crippen MR) is 145 cm³/mol. The van der Waals surface area contributed by atoms with Gasteiger partial charge < -0.3 is 24.1 Å². The molecule has 0 bridgehead atoms. The maximum absolute atomic E-state index is 14.4. The Hall–Kier alpha value is -3.95. The number of hydrogen-bond acceptors (Lipinski definition) is 7. The summed E-state index contributed by atoms with van der Waals surface area (Å²) in [5, 5.41) is 12.0. The summed E-state index contributed by atoms with van der Waals surface area (Å²) in [5.74, 6) is -2.53. The highest BCUT2D eigenvalue weighted by Gasteiger charge is 2.65. The van der Waals surface area contributed by atoms with E-state index in [9.17, 15) is 19.5 Å². The Morgan fingerprint density at radius 2 is 1.74 bits per heavy atom. The van der Waals surface area contributed by atoms with Crippen molar-refractivity contribution in [2.24, 2.45) is 0 Å². The number of hydrogen-bond donors (Lipinski definition) is 1. The summed E-state index contributed by atoms with van der Waals surface area (Å²) in [5.41, 5.74) is -0.346. The van der Waals surface area contributed by atoms with Crippen molar-refractivity contribution >= 4 is 34.3 Å². The molecule has 0 saturated carbocycles. The van der Waals surface area contributed by atoms with Crippen LogP contribution in [0.4, 0.5) is 5.69 Å². The molecule has 1 fully saturated rings. The molecular formula is C30H31N3O6. The van der Waals surface area contributed by atoms with Gasteiger partial charge in [-0.15, -0.1) is 0 Å². The largest absolute Gasteiger partial charge is 0.503 e. The quantitative estimate of drug-likeness (QED) is 0.445. The summed E-state index contributed by atoms with van der Waals surface area (Å²) in [4.78, 5) is 47.6. The fourth-order valence-electron chi connectivity index (χ4n) is 6.11. The lowest BCUT2D eigenvalue weighted by atomic mass is 9.81. The third-order valence-corrected chi connectivity index (χ3v) is 7.87. The average Bonchev–Trinajstić information content (AvgIpc) is 3.57. The van der Waals surface area contributed by atoms with Gasteiger partial charge in [-0.1, -0.05) is 43.3 Å². The number of morpholine rings is 1. The van der Waals surface area contributed by atoms with E-state index in [-0.39, 0.29) is 17.9 Å². The first kappa shape index (κ1) is 25.3. The smallest absolute Gasteiger partial charge is 0.290 e. The van der Waals surface area contributed by atoms with E-state index in [1.807, 2.05) is 31.2 Å². The van der Waals surface area contributed by atoms with Gasteiger partial charge in [0.2, 0.25) is 5.78 Å². The van der Waals surface area contributed by atoms with Crippen molar-refractivity contribution in [2.45, 2.75) is 25.3 Å². The summed E-state index contributed by atoms with van der Waals surface area (Å²) in [6, 6.07) is 16.0. The lowest BCUT2D eigenvalue weighted by molar-refractivity contribution is -0.140. The highest BCUT2D eigenvalue weighted by Crippen LogP contribution is 2.53. The van der Waals surface area contributed by atoms with Gasteiger partial charge in [0.25, 0.3) is 11.8 Å². The molecule has 9 heteroatoms. The van der Waals surface area contributed by atoms with Gasteiger partial charge in [-0.05, 0) is 31.0 Å². The molecule has 1 spiro atoms. The molecular weight excluding hydrogens is 498 g/mol. The standard InChI is InChI=1S/C30H31N3O6/c1-2-12-32-22-10-5-4-9-21(22)30(29(32)37)25(26(34)24-19-20-8-3-6-11-23(20)39-24)27(35)28(36)33(30)14-7-13-31-15-17-38-18-16-31/h3-6,8-11,19,35H,2,7,12-18H2,1H3/t30-/m1/s1. The highest BCUT2D eigenvalue weighted by molar-refractivity contribution is 6.26. The summed E-state index contributed by atoms with van der Waals surface area (Å²) in [7, 11) is 0. The zero-order chi connectivity index (χ0) is 27.1. The molecule has 1 saturated heterocycles. The van der Waals surface area contributed by atoms with Gasteiger partial charge in [0.15, 0.2) is 17.1 Å². The van der Waals surface area contributed by atoms with E-state index in [4.69, 9.17) is 9.15 Å². The van der Waals surface area contributed by atoms with Crippen molar-refractivity contribution < 1.29 is 28.6 Å². The van der Waals surface area contributed by atoms with Gasteiger partial charge in [-0.2, -0.15) is 0 Å². The lowest BCUT2D eigenvalue weighted by Gasteiger charge is -2.36. The Morgan fingerprint density at radius 1 is 1.00 bits per heavy atom. The zero-order valence-electron chi connectivity index (χ0n) is 21.9. The van der Waals surface area contributed by atoms with Crippen LogP contribution in [0.3, 0.4) is 0 Å². The van der Waals surface area contributed by atoms with Crippen LogP contribution in [0.15, 0.2) is 70.3 Å². The number of ketones is 1. The Bertz CT molecular complexity index is 1450.